The molecule has 2 aromatic heterocycles. The molecule has 0 N–H and O–H groups in total. The molecule has 1 saturated heterocycles. The van der Waals surface area contributed by atoms with Gasteiger partial charge in [0.2, 0.25) is 15.9 Å². The van der Waals surface area contributed by atoms with Crippen LogP contribution >= 0.6 is 0 Å². The van der Waals surface area contributed by atoms with Crippen LogP contribution in [0.3, 0.4) is 0 Å². The molecule has 0 bridgehead atoms. The van der Waals surface area contributed by atoms with Crippen molar-refractivity contribution in [2.75, 3.05) is 6.54 Å². The highest BCUT2D eigenvalue weighted by molar-refractivity contribution is 7.89. The van der Waals surface area contributed by atoms with Gasteiger partial charge in [-0.2, -0.15) is 4.31 Å². The first kappa shape index (κ1) is 19.0. The lowest BCUT2D eigenvalue weighted by Crippen LogP contribution is -2.30. The minimum Gasteiger partial charge on any atom is -0.439 e. The Labute approximate surface area is 175 Å². The summed E-state index contributed by atoms with van der Waals surface area (Å²) >= 11 is 0. The fourth-order valence-electron chi connectivity index (χ4n) is 3.92. The lowest BCUT2D eigenvalue weighted by atomic mass is 10.1. The molecular weight excluding hydrogens is 398 g/mol. The summed E-state index contributed by atoms with van der Waals surface area (Å²) < 4.78 is 34.0. The van der Waals surface area contributed by atoms with Crippen LogP contribution in [0.1, 0.15) is 30.3 Å². The monoisotopic (exact) mass is 419 g/mol. The maximum atomic E-state index is 13.2. The molecule has 1 fully saturated rings. The van der Waals surface area contributed by atoms with Crippen molar-refractivity contribution in [1.82, 2.24) is 14.3 Å². The Morgan fingerprint density at radius 2 is 1.90 bits per heavy atom. The first-order valence-electron chi connectivity index (χ1n) is 9.92. The number of aryl methyl sites for hydroxylation is 1. The molecule has 0 unspecified atom stereocenters. The number of pyridine rings is 1. The van der Waals surface area contributed by atoms with Gasteiger partial charge in [0.25, 0.3) is 0 Å². The van der Waals surface area contributed by atoms with E-state index in [1.807, 2.05) is 49.4 Å². The smallest absolute Gasteiger partial charge is 0.243 e. The van der Waals surface area contributed by atoms with E-state index in [0.29, 0.717) is 34.9 Å². The average Bonchev–Trinajstić information content (AvgIpc) is 3.41. The zero-order valence-electron chi connectivity index (χ0n) is 16.5. The van der Waals surface area contributed by atoms with Crippen LogP contribution in [-0.4, -0.2) is 29.2 Å². The number of sulfonamides is 1. The van der Waals surface area contributed by atoms with E-state index in [1.54, 1.807) is 24.5 Å². The molecule has 152 valence electrons. The largest absolute Gasteiger partial charge is 0.439 e. The molecule has 2 aromatic carbocycles. The molecular formula is C23H21N3O3S. The summed E-state index contributed by atoms with van der Waals surface area (Å²) in [6.07, 6.45) is 5.00. The van der Waals surface area contributed by atoms with Crippen molar-refractivity contribution in [2.45, 2.75) is 30.7 Å². The number of nitrogens with zero attached hydrogens (tertiary/aromatic N) is 3. The predicted octanol–water partition coefficient (Wildman–Crippen LogP) is 4.72. The number of hydrogen-bond acceptors (Lipinski definition) is 5. The van der Waals surface area contributed by atoms with E-state index in [9.17, 15) is 8.42 Å². The highest BCUT2D eigenvalue weighted by Crippen LogP contribution is 2.37. The van der Waals surface area contributed by atoms with Gasteiger partial charge in [0, 0.05) is 24.5 Å². The number of fused-ring (bicyclic) bond motifs is 1. The zero-order chi connectivity index (χ0) is 20.7. The van der Waals surface area contributed by atoms with Crippen molar-refractivity contribution < 1.29 is 12.8 Å². The maximum Gasteiger partial charge on any atom is 0.243 e. The predicted molar refractivity (Wildman–Crippen MR) is 114 cm³/mol. The van der Waals surface area contributed by atoms with Gasteiger partial charge in [-0.25, -0.2) is 13.4 Å². The minimum atomic E-state index is -3.62. The van der Waals surface area contributed by atoms with Gasteiger partial charge in [0.15, 0.2) is 5.58 Å². The van der Waals surface area contributed by atoms with Crippen molar-refractivity contribution in [3.63, 3.8) is 0 Å². The molecule has 3 heterocycles. The molecule has 6 nitrogen and oxygen atoms in total. The minimum absolute atomic E-state index is 0.301. The quantitative estimate of drug-likeness (QED) is 0.478. The van der Waals surface area contributed by atoms with Gasteiger partial charge in [-0.15, -0.1) is 0 Å². The first-order chi connectivity index (χ1) is 14.5. The second-order valence-electron chi connectivity index (χ2n) is 7.56. The van der Waals surface area contributed by atoms with Gasteiger partial charge >= 0.3 is 0 Å². The number of rotatable bonds is 4. The Morgan fingerprint density at radius 1 is 1.07 bits per heavy atom. The van der Waals surface area contributed by atoms with Crippen molar-refractivity contribution in [1.29, 1.82) is 0 Å². The molecule has 0 spiro atoms. The number of aromatic nitrogens is 2. The molecule has 0 radical (unpaired) electrons. The van der Waals surface area contributed by atoms with E-state index >= 15 is 0 Å². The highest BCUT2D eigenvalue weighted by atomic mass is 32.2. The van der Waals surface area contributed by atoms with Crippen molar-refractivity contribution in [2.24, 2.45) is 0 Å². The Hall–Kier alpha value is -3.03. The number of benzene rings is 2. The second kappa shape index (κ2) is 7.34. The third-order valence-corrected chi connectivity index (χ3v) is 7.44. The molecule has 1 aliphatic heterocycles. The van der Waals surface area contributed by atoms with Crippen LogP contribution in [0.4, 0.5) is 0 Å². The first-order valence-corrected chi connectivity index (χ1v) is 11.4. The Balaban J connectivity index is 1.50. The molecule has 4 aromatic rings. The molecule has 1 atom stereocenters. The molecule has 0 amide bonds. The van der Waals surface area contributed by atoms with Crippen LogP contribution < -0.4 is 0 Å². The lowest BCUT2D eigenvalue weighted by molar-refractivity contribution is 0.337. The third kappa shape index (κ3) is 3.30. The van der Waals surface area contributed by atoms with Crippen molar-refractivity contribution >= 4 is 21.1 Å². The van der Waals surface area contributed by atoms with E-state index < -0.39 is 16.1 Å². The summed E-state index contributed by atoms with van der Waals surface area (Å²) in [5, 5.41) is 0. The van der Waals surface area contributed by atoms with E-state index in [-0.39, 0.29) is 0 Å². The van der Waals surface area contributed by atoms with Crippen LogP contribution in [0.5, 0.6) is 0 Å². The Kier molecular flexibility index (Phi) is 4.64. The van der Waals surface area contributed by atoms with Gasteiger partial charge in [0.05, 0.1) is 4.90 Å². The lowest BCUT2D eigenvalue weighted by Gasteiger charge is -2.21. The molecule has 0 saturated carbocycles. The summed E-state index contributed by atoms with van der Waals surface area (Å²) in [5.74, 6) is 0.446. The van der Waals surface area contributed by atoms with E-state index in [4.69, 9.17) is 4.42 Å². The van der Waals surface area contributed by atoms with Gasteiger partial charge in [-0.1, -0.05) is 29.8 Å². The van der Waals surface area contributed by atoms with Crippen molar-refractivity contribution in [3.8, 4) is 11.1 Å². The fraction of sp³-hybridized carbons (Fsp3) is 0.217. The van der Waals surface area contributed by atoms with Crippen LogP contribution in [-0.2, 0) is 10.0 Å². The summed E-state index contributed by atoms with van der Waals surface area (Å²) in [5.41, 5.74) is 4.37. The molecule has 30 heavy (non-hydrogen) atoms. The standard InChI is InChI=1S/C23H21N3O3S/c1-16-6-9-19(10-7-16)30(27,28)26-13-3-5-21(26)23-25-20-14-17(8-11-22(20)29-23)18-4-2-12-24-15-18/h2,4,6-12,14-15,21H,3,5,13H2,1H3/t21-/m0/s1. The molecule has 1 aliphatic rings. The second-order valence-corrected chi connectivity index (χ2v) is 9.45. The van der Waals surface area contributed by atoms with Gasteiger partial charge in [-0.3, -0.25) is 4.98 Å². The zero-order valence-corrected chi connectivity index (χ0v) is 17.3. The van der Waals surface area contributed by atoms with E-state index in [1.165, 1.54) is 4.31 Å². The Bertz CT molecular complexity index is 1300. The topological polar surface area (TPSA) is 76.3 Å². The highest BCUT2D eigenvalue weighted by Gasteiger charge is 2.39. The fourth-order valence-corrected chi connectivity index (χ4v) is 5.57. The third-order valence-electron chi connectivity index (χ3n) is 5.52. The summed E-state index contributed by atoms with van der Waals surface area (Å²) in [4.78, 5) is 9.12. The van der Waals surface area contributed by atoms with E-state index in [2.05, 4.69) is 9.97 Å². The molecule has 7 heteroatoms. The average molecular weight is 420 g/mol. The molecule has 0 aliphatic carbocycles. The van der Waals surface area contributed by atoms with E-state index in [0.717, 1.165) is 23.1 Å². The van der Waals surface area contributed by atoms with Gasteiger partial charge in [-0.05, 0) is 55.7 Å². The maximum absolute atomic E-state index is 13.2. The summed E-state index contributed by atoms with van der Waals surface area (Å²) in [6.45, 7) is 2.40. The number of oxazole rings is 1. The van der Waals surface area contributed by atoms with Crippen molar-refractivity contribution in [3.05, 3.63) is 78.4 Å². The summed E-state index contributed by atoms with van der Waals surface area (Å²) in [6, 6.07) is 16.2. The van der Waals surface area contributed by atoms with Gasteiger partial charge < -0.3 is 4.42 Å². The number of hydrogen-bond donors (Lipinski definition) is 0. The van der Waals surface area contributed by atoms with Crippen LogP contribution in [0, 0.1) is 6.92 Å². The summed E-state index contributed by atoms with van der Waals surface area (Å²) in [7, 11) is -3.62. The SMILES string of the molecule is Cc1ccc(S(=O)(=O)N2CCC[C@H]2c2nc3cc(-c4cccnc4)ccc3o2)cc1. The van der Waals surface area contributed by atoms with Gasteiger partial charge in [0.1, 0.15) is 11.6 Å². The Morgan fingerprint density at radius 3 is 2.67 bits per heavy atom. The van der Waals surface area contributed by atoms with Crippen LogP contribution in [0.15, 0.2) is 76.3 Å². The van der Waals surface area contributed by atoms with Crippen LogP contribution in [0.2, 0.25) is 0 Å². The normalized spacial score (nSPS) is 17.6. The van der Waals surface area contributed by atoms with Crippen LogP contribution in [0.25, 0.3) is 22.2 Å². The molecule has 5 rings (SSSR count).